The minimum Gasteiger partial charge on any atom is -0.366 e. The van der Waals surface area contributed by atoms with Gasteiger partial charge in [0.15, 0.2) is 0 Å². The van der Waals surface area contributed by atoms with E-state index in [4.69, 9.17) is 16.2 Å². The van der Waals surface area contributed by atoms with Crippen molar-refractivity contribution >= 4 is 5.91 Å². The van der Waals surface area contributed by atoms with E-state index in [9.17, 15) is 27.6 Å². The Morgan fingerprint density at radius 1 is 0.915 bits per heavy atom. The standard InChI is InChI=1S/C34H33F4N5O4/c35-26-8-4-7-25(34(36,37)38)24(26)18-42-28-20-47-33(13-15-41(16-14-33)17-21-9-11-23(12-10-21)30(40)44)29(28)31(45)43(32(42)46)19-27(39)22-5-2-1-3-6-22/h1-12,27H,13-20,39H2,(H2,40,44)/t27-/m0/s1. The van der Waals surface area contributed by atoms with Gasteiger partial charge >= 0.3 is 11.9 Å². The summed E-state index contributed by atoms with van der Waals surface area (Å²) < 4.78 is 65.2. The normalized spacial score (nSPS) is 16.7. The van der Waals surface area contributed by atoms with Gasteiger partial charge in [-0.25, -0.2) is 9.18 Å². The number of alkyl halides is 3. The molecule has 0 radical (unpaired) electrons. The Labute approximate surface area is 267 Å². The minimum absolute atomic E-state index is 0.136. The molecule has 0 bridgehead atoms. The first kappa shape index (κ1) is 32.4. The van der Waals surface area contributed by atoms with E-state index in [1.165, 1.54) is 0 Å². The number of benzene rings is 3. The van der Waals surface area contributed by atoms with E-state index < -0.39 is 58.5 Å². The van der Waals surface area contributed by atoms with Gasteiger partial charge in [0.2, 0.25) is 5.91 Å². The highest BCUT2D eigenvalue weighted by atomic mass is 19.4. The van der Waals surface area contributed by atoms with Crippen LogP contribution in [0.15, 0.2) is 82.4 Å². The number of primary amides is 1. The highest BCUT2D eigenvalue weighted by Crippen LogP contribution is 2.43. The third-order valence-corrected chi connectivity index (χ3v) is 9.13. The summed E-state index contributed by atoms with van der Waals surface area (Å²) in [5, 5.41) is 0. The first-order valence-electron chi connectivity index (χ1n) is 15.1. The number of piperidine rings is 1. The van der Waals surface area contributed by atoms with E-state index in [0.717, 1.165) is 32.9 Å². The second kappa shape index (κ2) is 12.5. The summed E-state index contributed by atoms with van der Waals surface area (Å²) in [6, 6.07) is 17.6. The molecule has 1 spiro atoms. The number of aromatic nitrogens is 2. The number of nitrogens with zero attached hydrogens (tertiary/aromatic N) is 3. The van der Waals surface area contributed by atoms with E-state index in [0.29, 0.717) is 43.6 Å². The molecule has 246 valence electrons. The molecule has 4 aromatic rings. The van der Waals surface area contributed by atoms with E-state index in [-0.39, 0.29) is 24.4 Å². The van der Waals surface area contributed by atoms with Crippen molar-refractivity contribution in [1.82, 2.24) is 14.0 Å². The molecule has 1 aromatic heterocycles. The van der Waals surface area contributed by atoms with Gasteiger partial charge in [0.1, 0.15) is 11.4 Å². The van der Waals surface area contributed by atoms with Crippen LogP contribution in [0.3, 0.4) is 0 Å². The molecule has 1 amide bonds. The Morgan fingerprint density at radius 2 is 1.60 bits per heavy atom. The first-order valence-corrected chi connectivity index (χ1v) is 15.1. The Bertz CT molecular complexity index is 1910. The highest BCUT2D eigenvalue weighted by Gasteiger charge is 2.47. The van der Waals surface area contributed by atoms with Gasteiger partial charge in [-0.1, -0.05) is 48.5 Å². The molecule has 9 nitrogen and oxygen atoms in total. The van der Waals surface area contributed by atoms with Gasteiger partial charge < -0.3 is 16.2 Å². The fourth-order valence-corrected chi connectivity index (χ4v) is 6.60. The second-order valence-electron chi connectivity index (χ2n) is 12.0. The summed E-state index contributed by atoms with van der Waals surface area (Å²) in [7, 11) is 0. The summed E-state index contributed by atoms with van der Waals surface area (Å²) >= 11 is 0. The Balaban J connectivity index is 1.38. The molecule has 1 saturated heterocycles. The average Bonchev–Trinajstić information content (AvgIpc) is 3.41. The zero-order valence-corrected chi connectivity index (χ0v) is 25.3. The number of likely N-dealkylation sites (tertiary alicyclic amines) is 1. The van der Waals surface area contributed by atoms with Gasteiger partial charge in [0.05, 0.1) is 36.5 Å². The summed E-state index contributed by atoms with van der Waals surface area (Å²) in [5.41, 5.74) is 9.57. The number of fused-ring (bicyclic) bond motifs is 2. The van der Waals surface area contributed by atoms with Crippen LogP contribution in [0.25, 0.3) is 0 Å². The molecular formula is C34H33F4N5O4. The predicted octanol–water partition coefficient (Wildman–Crippen LogP) is 4.04. The summed E-state index contributed by atoms with van der Waals surface area (Å²) in [4.78, 5) is 41.7. The molecule has 13 heteroatoms. The van der Waals surface area contributed by atoms with E-state index in [1.54, 1.807) is 42.5 Å². The molecule has 6 rings (SSSR count). The Morgan fingerprint density at radius 3 is 2.23 bits per heavy atom. The molecule has 0 unspecified atom stereocenters. The molecule has 1 fully saturated rings. The maximum absolute atomic E-state index is 15.0. The van der Waals surface area contributed by atoms with Crippen LogP contribution >= 0.6 is 0 Å². The van der Waals surface area contributed by atoms with Gasteiger partial charge in [0.25, 0.3) is 5.56 Å². The monoisotopic (exact) mass is 651 g/mol. The van der Waals surface area contributed by atoms with Crippen molar-refractivity contribution in [3.8, 4) is 0 Å². The number of halogens is 4. The lowest BCUT2D eigenvalue weighted by Gasteiger charge is -2.39. The van der Waals surface area contributed by atoms with Crippen LogP contribution in [0.4, 0.5) is 17.6 Å². The van der Waals surface area contributed by atoms with Crippen molar-refractivity contribution in [3.05, 3.63) is 139 Å². The zero-order chi connectivity index (χ0) is 33.5. The fraction of sp³-hybridized carbons (Fsp3) is 0.324. The molecule has 3 aromatic carbocycles. The number of ether oxygens (including phenoxy) is 1. The number of amides is 1. The van der Waals surface area contributed by atoms with Crippen LogP contribution in [0.1, 0.15) is 62.8 Å². The smallest absolute Gasteiger partial charge is 0.366 e. The lowest BCUT2D eigenvalue weighted by atomic mass is 9.85. The predicted molar refractivity (Wildman–Crippen MR) is 165 cm³/mol. The lowest BCUT2D eigenvalue weighted by molar-refractivity contribution is -0.138. The average molecular weight is 652 g/mol. The third-order valence-electron chi connectivity index (χ3n) is 9.13. The molecule has 0 saturated carbocycles. The molecule has 0 aliphatic carbocycles. The van der Waals surface area contributed by atoms with E-state index >= 15 is 4.39 Å². The van der Waals surface area contributed by atoms with Crippen molar-refractivity contribution in [2.75, 3.05) is 13.1 Å². The summed E-state index contributed by atoms with van der Waals surface area (Å²) in [6.07, 6.45) is -4.14. The van der Waals surface area contributed by atoms with Gasteiger partial charge in [-0.2, -0.15) is 13.2 Å². The Hall–Kier alpha value is -4.59. The molecule has 47 heavy (non-hydrogen) atoms. The van der Waals surface area contributed by atoms with Crippen molar-refractivity contribution in [3.63, 3.8) is 0 Å². The molecular weight excluding hydrogens is 618 g/mol. The molecule has 3 heterocycles. The molecule has 2 aliphatic heterocycles. The number of carbonyl (C=O) groups excluding carboxylic acids is 1. The highest BCUT2D eigenvalue weighted by molar-refractivity contribution is 5.92. The maximum atomic E-state index is 15.0. The number of nitrogens with two attached hydrogens (primary N) is 2. The van der Waals surface area contributed by atoms with Crippen LogP contribution in [-0.4, -0.2) is 33.0 Å². The van der Waals surface area contributed by atoms with Crippen molar-refractivity contribution in [1.29, 1.82) is 0 Å². The van der Waals surface area contributed by atoms with Crippen LogP contribution in [0.5, 0.6) is 0 Å². The quantitative estimate of drug-likeness (QED) is 0.277. The third kappa shape index (κ3) is 6.25. The molecule has 2 aliphatic rings. The first-order chi connectivity index (χ1) is 22.4. The van der Waals surface area contributed by atoms with Crippen LogP contribution in [0.2, 0.25) is 0 Å². The molecule has 1 atom stereocenters. The topological polar surface area (TPSA) is 126 Å². The number of hydrogen-bond acceptors (Lipinski definition) is 6. The van der Waals surface area contributed by atoms with E-state index in [2.05, 4.69) is 4.90 Å². The molecule has 4 N–H and O–H groups in total. The van der Waals surface area contributed by atoms with Gasteiger partial charge in [-0.15, -0.1) is 0 Å². The fourth-order valence-electron chi connectivity index (χ4n) is 6.60. The maximum Gasteiger partial charge on any atom is 0.416 e. The summed E-state index contributed by atoms with van der Waals surface area (Å²) in [6.45, 7) is 0.370. The van der Waals surface area contributed by atoms with Crippen molar-refractivity contribution in [2.45, 2.75) is 56.9 Å². The van der Waals surface area contributed by atoms with Crippen molar-refractivity contribution in [2.24, 2.45) is 11.5 Å². The van der Waals surface area contributed by atoms with Gasteiger partial charge in [0, 0.05) is 36.8 Å². The number of carbonyl (C=O) groups is 1. The van der Waals surface area contributed by atoms with Crippen LogP contribution in [0, 0.1) is 5.82 Å². The summed E-state index contributed by atoms with van der Waals surface area (Å²) in [5.74, 6) is -1.64. The SMILES string of the molecule is NC(=O)c1ccc(CN2CCC3(CC2)OCc2c3c(=O)n(C[C@H](N)c3ccccc3)c(=O)n2Cc2c(F)cccc2C(F)(F)F)cc1. The number of hydrogen-bond donors (Lipinski definition) is 2. The van der Waals surface area contributed by atoms with Crippen LogP contribution < -0.4 is 22.7 Å². The Kier molecular flexibility index (Phi) is 8.64. The minimum atomic E-state index is -4.88. The number of rotatable bonds is 8. The second-order valence-corrected chi connectivity index (χ2v) is 12.0. The van der Waals surface area contributed by atoms with Gasteiger partial charge in [-0.3, -0.25) is 23.6 Å². The van der Waals surface area contributed by atoms with Crippen LogP contribution in [-0.2, 0) is 42.8 Å². The lowest BCUT2D eigenvalue weighted by Crippen LogP contribution is -2.49. The zero-order valence-electron chi connectivity index (χ0n) is 25.3. The largest absolute Gasteiger partial charge is 0.416 e. The van der Waals surface area contributed by atoms with Gasteiger partial charge in [-0.05, 0) is 48.2 Å². The van der Waals surface area contributed by atoms with Crippen molar-refractivity contribution < 1.29 is 27.1 Å². The van der Waals surface area contributed by atoms with E-state index in [1.807, 2.05) is 12.1 Å².